The Labute approximate surface area is 121 Å². The molecule has 2 rings (SSSR count). The fourth-order valence-corrected chi connectivity index (χ4v) is 2.17. The topological polar surface area (TPSA) is 54.4 Å². The van der Waals surface area contributed by atoms with Crippen molar-refractivity contribution in [1.29, 1.82) is 0 Å². The third-order valence-electron chi connectivity index (χ3n) is 3.14. The molecule has 0 bridgehead atoms. The molecule has 0 spiro atoms. The summed E-state index contributed by atoms with van der Waals surface area (Å²) in [6.45, 7) is 1.77. The molecule has 2 aromatic carbocycles. The fraction of sp³-hybridized carbons (Fsp3) is 0.125. The Morgan fingerprint density at radius 3 is 2.35 bits per heavy atom. The quantitative estimate of drug-likeness (QED) is 0.876. The molecule has 0 amide bonds. The molecule has 102 valence electrons. The molecule has 1 N–H and O–H groups in total. The average molecular weight is 289 g/mol. The molecule has 0 heterocycles. The van der Waals surface area contributed by atoms with Crippen molar-refractivity contribution in [2.75, 3.05) is 0 Å². The molecule has 4 heteroatoms. The van der Waals surface area contributed by atoms with Gasteiger partial charge in [0.05, 0.1) is 6.42 Å². The molecular formula is C16H13ClO3. The van der Waals surface area contributed by atoms with Gasteiger partial charge in [-0.2, -0.15) is 0 Å². The van der Waals surface area contributed by atoms with Gasteiger partial charge in [-0.25, -0.2) is 0 Å². The van der Waals surface area contributed by atoms with Gasteiger partial charge in [-0.15, -0.1) is 0 Å². The highest BCUT2D eigenvalue weighted by molar-refractivity contribution is 6.30. The average Bonchev–Trinajstić information content (AvgIpc) is 2.41. The molecule has 0 atom stereocenters. The lowest BCUT2D eigenvalue weighted by molar-refractivity contribution is -0.136. The van der Waals surface area contributed by atoms with E-state index in [0.717, 1.165) is 0 Å². The van der Waals surface area contributed by atoms with E-state index in [-0.39, 0.29) is 12.2 Å². The molecule has 20 heavy (non-hydrogen) atoms. The van der Waals surface area contributed by atoms with Crippen molar-refractivity contribution < 1.29 is 14.7 Å². The van der Waals surface area contributed by atoms with Crippen LogP contribution >= 0.6 is 11.6 Å². The third-order valence-corrected chi connectivity index (χ3v) is 3.39. The smallest absolute Gasteiger partial charge is 0.307 e. The van der Waals surface area contributed by atoms with Crippen molar-refractivity contribution in [1.82, 2.24) is 0 Å². The van der Waals surface area contributed by atoms with Crippen molar-refractivity contribution in [3.8, 4) is 0 Å². The van der Waals surface area contributed by atoms with Crippen LogP contribution in [0.25, 0.3) is 0 Å². The maximum Gasteiger partial charge on any atom is 0.307 e. The summed E-state index contributed by atoms with van der Waals surface area (Å²) in [7, 11) is 0. The van der Waals surface area contributed by atoms with Gasteiger partial charge in [-0.3, -0.25) is 9.59 Å². The molecule has 3 nitrogen and oxygen atoms in total. The second-order valence-electron chi connectivity index (χ2n) is 4.50. The fourth-order valence-electron chi connectivity index (χ4n) is 2.04. The largest absolute Gasteiger partial charge is 0.481 e. The molecule has 0 saturated heterocycles. The zero-order valence-corrected chi connectivity index (χ0v) is 11.6. The first-order valence-electron chi connectivity index (χ1n) is 6.09. The van der Waals surface area contributed by atoms with Crippen molar-refractivity contribution in [2.45, 2.75) is 13.3 Å². The SMILES string of the molecule is Cc1c(CC(=O)O)cccc1C(=O)c1ccc(Cl)cc1. The monoisotopic (exact) mass is 288 g/mol. The Hall–Kier alpha value is -2.13. The van der Waals surface area contributed by atoms with Gasteiger partial charge < -0.3 is 5.11 Å². The number of carboxylic acids is 1. The van der Waals surface area contributed by atoms with Gasteiger partial charge in [0.1, 0.15) is 0 Å². The molecule has 0 aromatic heterocycles. The summed E-state index contributed by atoms with van der Waals surface area (Å²) >= 11 is 5.80. The highest BCUT2D eigenvalue weighted by Crippen LogP contribution is 2.19. The Bertz CT molecular complexity index is 660. The van der Waals surface area contributed by atoms with Gasteiger partial charge in [-0.1, -0.05) is 29.8 Å². The molecule has 0 aliphatic heterocycles. The minimum absolute atomic E-state index is 0.0897. The van der Waals surface area contributed by atoms with Gasteiger partial charge >= 0.3 is 5.97 Å². The number of carbonyl (C=O) groups is 2. The predicted molar refractivity (Wildman–Crippen MR) is 77.4 cm³/mol. The maximum absolute atomic E-state index is 12.4. The van der Waals surface area contributed by atoms with Gasteiger partial charge in [0.25, 0.3) is 0 Å². The normalized spacial score (nSPS) is 10.3. The van der Waals surface area contributed by atoms with Crippen molar-refractivity contribution in [2.24, 2.45) is 0 Å². The molecular weight excluding hydrogens is 276 g/mol. The minimum atomic E-state index is -0.913. The lowest BCUT2D eigenvalue weighted by Crippen LogP contribution is -2.08. The van der Waals surface area contributed by atoms with Gasteiger partial charge in [-0.05, 0) is 42.3 Å². The first-order valence-corrected chi connectivity index (χ1v) is 6.47. The first kappa shape index (κ1) is 14.3. The second kappa shape index (κ2) is 5.88. The van der Waals surface area contributed by atoms with Gasteiger partial charge in [0.15, 0.2) is 5.78 Å². The molecule has 0 aliphatic carbocycles. The number of rotatable bonds is 4. The van der Waals surface area contributed by atoms with E-state index < -0.39 is 5.97 Å². The molecule has 0 saturated carbocycles. The lowest BCUT2D eigenvalue weighted by Gasteiger charge is -2.09. The number of halogens is 1. The van der Waals surface area contributed by atoms with E-state index >= 15 is 0 Å². The number of hydrogen-bond acceptors (Lipinski definition) is 2. The Morgan fingerprint density at radius 2 is 1.75 bits per heavy atom. The van der Waals surface area contributed by atoms with Crippen LogP contribution in [0.2, 0.25) is 5.02 Å². The number of aliphatic carboxylic acids is 1. The number of carbonyl (C=O) groups excluding carboxylic acids is 1. The van der Waals surface area contributed by atoms with Crippen LogP contribution in [0.15, 0.2) is 42.5 Å². The summed E-state index contributed by atoms with van der Waals surface area (Å²) in [6.07, 6.45) is -0.0897. The molecule has 0 radical (unpaired) electrons. The standard InChI is InChI=1S/C16H13ClO3/c1-10-12(9-15(18)19)3-2-4-14(10)16(20)11-5-7-13(17)8-6-11/h2-8H,9H2,1H3,(H,18,19). The van der Waals surface area contributed by atoms with Crippen LogP contribution in [0.5, 0.6) is 0 Å². The number of hydrogen-bond donors (Lipinski definition) is 1. The van der Waals surface area contributed by atoms with E-state index in [1.54, 1.807) is 49.4 Å². The van der Waals surface area contributed by atoms with Gasteiger partial charge in [0.2, 0.25) is 0 Å². The van der Waals surface area contributed by atoms with Crippen LogP contribution in [0.4, 0.5) is 0 Å². The van der Waals surface area contributed by atoms with Crippen molar-refractivity contribution in [3.63, 3.8) is 0 Å². The van der Waals surface area contributed by atoms with Crippen LogP contribution < -0.4 is 0 Å². The third kappa shape index (κ3) is 3.06. The van der Waals surface area contributed by atoms with Crippen LogP contribution in [0.3, 0.4) is 0 Å². The maximum atomic E-state index is 12.4. The van der Waals surface area contributed by atoms with E-state index in [4.69, 9.17) is 16.7 Å². The number of ketones is 1. The van der Waals surface area contributed by atoms with Crippen molar-refractivity contribution >= 4 is 23.4 Å². The van der Waals surface area contributed by atoms with Gasteiger partial charge in [0, 0.05) is 16.1 Å². The van der Waals surface area contributed by atoms with E-state index in [9.17, 15) is 9.59 Å². The van der Waals surface area contributed by atoms with Crippen LogP contribution in [0.1, 0.15) is 27.0 Å². The highest BCUT2D eigenvalue weighted by atomic mass is 35.5. The zero-order valence-electron chi connectivity index (χ0n) is 10.9. The van der Waals surface area contributed by atoms with Crippen LogP contribution in [0, 0.1) is 6.92 Å². The molecule has 0 aliphatic rings. The lowest BCUT2D eigenvalue weighted by atomic mass is 9.94. The minimum Gasteiger partial charge on any atom is -0.481 e. The Kier molecular flexibility index (Phi) is 4.20. The van der Waals surface area contributed by atoms with Crippen LogP contribution in [-0.2, 0) is 11.2 Å². The molecule has 0 fully saturated rings. The summed E-state index contributed by atoms with van der Waals surface area (Å²) in [5.74, 6) is -1.05. The molecule has 0 unspecified atom stereocenters. The second-order valence-corrected chi connectivity index (χ2v) is 4.93. The van der Waals surface area contributed by atoms with Crippen molar-refractivity contribution in [3.05, 3.63) is 69.7 Å². The predicted octanol–water partition coefficient (Wildman–Crippen LogP) is 3.51. The van der Waals surface area contributed by atoms with E-state index in [2.05, 4.69) is 0 Å². The van der Waals surface area contributed by atoms with E-state index in [1.807, 2.05) is 0 Å². The molecule has 2 aromatic rings. The summed E-state index contributed by atoms with van der Waals surface area (Å²) in [5.41, 5.74) is 2.41. The Morgan fingerprint density at radius 1 is 1.10 bits per heavy atom. The summed E-state index contributed by atoms with van der Waals surface area (Å²) in [4.78, 5) is 23.2. The Balaban J connectivity index is 2.39. The van der Waals surface area contributed by atoms with Crippen LogP contribution in [-0.4, -0.2) is 16.9 Å². The summed E-state index contributed by atoms with van der Waals surface area (Å²) in [6, 6.07) is 11.8. The van der Waals surface area contributed by atoms with E-state index in [1.165, 1.54) is 0 Å². The number of benzene rings is 2. The first-order chi connectivity index (χ1) is 9.49. The van der Waals surface area contributed by atoms with E-state index in [0.29, 0.717) is 27.3 Å². The highest BCUT2D eigenvalue weighted by Gasteiger charge is 2.14. The zero-order chi connectivity index (χ0) is 14.7. The summed E-state index contributed by atoms with van der Waals surface area (Å²) < 4.78 is 0. The summed E-state index contributed by atoms with van der Waals surface area (Å²) in [5, 5.41) is 9.44. The number of carboxylic acid groups (broad SMARTS) is 1.